The molecule has 0 aliphatic carbocycles. The summed E-state index contributed by atoms with van der Waals surface area (Å²) >= 11 is 0. The Bertz CT molecular complexity index is 419. The smallest absolute Gasteiger partial charge is 0.385 e. The van der Waals surface area contributed by atoms with Gasteiger partial charge in [0.05, 0.1) is 5.56 Å². The van der Waals surface area contributed by atoms with Gasteiger partial charge >= 0.3 is 6.18 Å². The van der Waals surface area contributed by atoms with Crippen LogP contribution in [-0.4, -0.2) is 13.7 Å². The third kappa shape index (κ3) is 4.19. The monoisotopic (exact) mass is 276 g/mol. The largest absolute Gasteiger partial charge is 0.416 e. The second-order valence-corrected chi connectivity index (χ2v) is 4.52. The maximum Gasteiger partial charge on any atom is 0.416 e. The molecule has 0 amide bonds. The van der Waals surface area contributed by atoms with Crippen molar-refractivity contribution in [2.75, 3.05) is 13.7 Å². The summed E-state index contributed by atoms with van der Waals surface area (Å²) in [5.41, 5.74) is 11.2. The number of hydrogen-bond acceptors (Lipinski definition) is 3. The van der Waals surface area contributed by atoms with Crippen molar-refractivity contribution >= 4 is 0 Å². The van der Waals surface area contributed by atoms with E-state index in [1.807, 2.05) is 0 Å². The first-order valence-electron chi connectivity index (χ1n) is 5.98. The highest BCUT2D eigenvalue weighted by atomic mass is 19.4. The molecule has 19 heavy (non-hydrogen) atoms. The van der Waals surface area contributed by atoms with E-state index in [0.717, 1.165) is 6.07 Å². The van der Waals surface area contributed by atoms with Crippen LogP contribution < -0.4 is 11.5 Å². The van der Waals surface area contributed by atoms with Crippen LogP contribution in [0.3, 0.4) is 0 Å². The summed E-state index contributed by atoms with van der Waals surface area (Å²) in [7, 11) is 1.48. The van der Waals surface area contributed by atoms with Crippen molar-refractivity contribution < 1.29 is 17.9 Å². The van der Waals surface area contributed by atoms with Gasteiger partial charge in [0.1, 0.15) is 0 Å². The molecule has 0 fully saturated rings. The van der Waals surface area contributed by atoms with Gasteiger partial charge in [-0.15, -0.1) is 0 Å². The van der Waals surface area contributed by atoms with Crippen LogP contribution in [0, 0.1) is 0 Å². The molecular weight excluding hydrogens is 257 g/mol. The van der Waals surface area contributed by atoms with E-state index >= 15 is 0 Å². The first kappa shape index (κ1) is 15.9. The van der Waals surface area contributed by atoms with Crippen molar-refractivity contribution in [3.63, 3.8) is 0 Å². The number of hydrogen-bond donors (Lipinski definition) is 2. The molecule has 1 rings (SSSR count). The Kier molecular flexibility index (Phi) is 5.34. The molecule has 6 heteroatoms. The van der Waals surface area contributed by atoms with E-state index < -0.39 is 23.8 Å². The number of halogens is 3. The van der Waals surface area contributed by atoms with Crippen LogP contribution in [0.15, 0.2) is 18.2 Å². The van der Waals surface area contributed by atoms with Crippen LogP contribution in [0.25, 0.3) is 0 Å². The van der Waals surface area contributed by atoms with E-state index in [2.05, 4.69) is 0 Å². The lowest BCUT2D eigenvalue weighted by atomic mass is 9.94. The van der Waals surface area contributed by atoms with Gasteiger partial charge in [-0.25, -0.2) is 0 Å². The Balaban J connectivity index is 3.16. The average molecular weight is 276 g/mol. The molecule has 0 aliphatic heterocycles. The van der Waals surface area contributed by atoms with Gasteiger partial charge in [0, 0.05) is 25.8 Å². The lowest BCUT2D eigenvalue weighted by Crippen LogP contribution is -2.20. The molecule has 3 nitrogen and oxygen atoms in total. The predicted octanol–water partition coefficient (Wildman–Crippen LogP) is 2.76. The molecular formula is C13H19F3N2O. The molecule has 1 aromatic rings. The number of ether oxygens (including phenoxy) is 1. The summed E-state index contributed by atoms with van der Waals surface area (Å²) in [6, 6.07) is 2.90. The predicted molar refractivity (Wildman–Crippen MR) is 67.5 cm³/mol. The molecule has 2 unspecified atom stereocenters. The summed E-state index contributed by atoms with van der Waals surface area (Å²) < 4.78 is 44.0. The Morgan fingerprint density at radius 1 is 1.26 bits per heavy atom. The van der Waals surface area contributed by atoms with Gasteiger partial charge in [-0.1, -0.05) is 12.1 Å². The molecule has 0 bridgehead atoms. The first-order valence-corrected chi connectivity index (χ1v) is 5.98. The van der Waals surface area contributed by atoms with Crippen LogP contribution in [0.5, 0.6) is 0 Å². The zero-order valence-electron chi connectivity index (χ0n) is 11.0. The van der Waals surface area contributed by atoms with Crippen molar-refractivity contribution in [3.8, 4) is 0 Å². The second-order valence-electron chi connectivity index (χ2n) is 4.52. The lowest BCUT2D eigenvalue weighted by Gasteiger charge is -2.20. The summed E-state index contributed by atoms with van der Waals surface area (Å²) in [5.74, 6) is 0. The maximum absolute atomic E-state index is 13.0. The van der Waals surface area contributed by atoms with Crippen molar-refractivity contribution in [3.05, 3.63) is 34.9 Å². The summed E-state index contributed by atoms with van der Waals surface area (Å²) in [6.07, 6.45) is -4.11. The Hall–Kier alpha value is -1.11. The standard InChI is InChI=1S/C13H19F3N2O/c1-8(17)9-3-4-10(12(18)5-6-19-2)11(7-9)13(14,15)16/h3-4,7-8,12H,5-6,17-18H2,1-2H3. The van der Waals surface area contributed by atoms with Gasteiger partial charge < -0.3 is 16.2 Å². The SMILES string of the molecule is COCCC(N)c1ccc(C(C)N)cc1C(F)(F)F. The minimum absolute atomic E-state index is 0.0777. The van der Waals surface area contributed by atoms with Crippen molar-refractivity contribution in [1.29, 1.82) is 0 Å². The topological polar surface area (TPSA) is 61.3 Å². The Morgan fingerprint density at radius 3 is 2.37 bits per heavy atom. The van der Waals surface area contributed by atoms with Gasteiger partial charge in [-0.05, 0) is 30.5 Å². The molecule has 0 radical (unpaired) electrons. The van der Waals surface area contributed by atoms with Crippen molar-refractivity contribution in [2.24, 2.45) is 11.5 Å². The van der Waals surface area contributed by atoms with E-state index in [9.17, 15) is 13.2 Å². The highest BCUT2D eigenvalue weighted by Gasteiger charge is 2.35. The zero-order chi connectivity index (χ0) is 14.6. The Morgan fingerprint density at radius 2 is 1.89 bits per heavy atom. The Labute approximate surface area is 110 Å². The molecule has 0 aliphatic rings. The molecule has 1 aromatic carbocycles. The van der Waals surface area contributed by atoms with Gasteiger partial charge in [-0.2, -0.15) is 13.2 Å². The second kappa shape index (κ2) is 6.36. The normalized spacial score (nSPS) is 15.3. The highest BCUT2D eigenvalue weighted by molar-refractivity contribution is 5.37. The maximum atomic E-state index is 13.0. The zero-order valence-corrected chi connectivity index (χ0v) is 11.0. The quantitative estimate of drug-likeness (QED) is 0.869. The minimum Gasteiger partial charge on any atom is -0.385 e. The van der Waals surface area contributed by atoms with Crippen LogP contribution in [0.2, 0.25) is 0 Å². The molecule has 0 spiro atoms. The number of benzene rings is 1. The summed E-state index contributed by atoms with van der Waals surface area (Å²) in [4.78, 5) is 0. The highest BCUT2D eigenvalue weighted by Crippen LogP contribution is 2.36. The molecule has 0 aromatic heterocycles. The molecule has 4 N–H and O–H groups in total. The first-order chi connectivity index (χ1) is 8.77. The van der Waals surface area contributed by atoms with E-state index in [1.165, 1.54) is 13.2 Å². The van der Waals surface area contributed by atoms with E-state index in [0.29, 0.717) is 18.6 Å². The summed E-state index contributed by atoms with van der Waals surface area (Å²) in [6.45, 7) is 1.95. The van der Waals surface area contributed by atoms with Gasteiger partial charge in [0.2, 0.25) is 0 Å². The van der Waals surface area contributed by atoms with Crippen LogP contribution in [-0.2, 0) is 10.9 Å². The number of alkyl halides is 3. The lowest BCUT2D eigenvalue weighted by molar-refractivity contribution is -0.138. The van der Waals surface area contributed by atoms with Gasteiger partial charge in [0.15, 0.2) is 0 Å². The third-order valence-electron chi connectivity index (χ3n) is 2.94. The molecule has 108 valence electrons. The minimum atomic E-state index is -4.44. The fourth-order valence-corrected chi connectivity index (χ4v) is 1.83. The van der Waals surface area contributed by atoms with E-state index in [4.69, 9.17) is 16.2 Å². The number of nitrogens with two attached hydrogens (primary N) is 2. The van der Waals surface area contributed by atoms with Crippen molar-refractivity contribution in [2.45, 2.75) is 31.6 Å². The van der Waals surface area contributed by atoms with Crippen LogP contribution >= 0.6 is 0 Å². The van der Waals surface area contributed by atoms with Gasteiger partial charge in [-0.3, -0.25) is 0 Å². The fraction of sp³-hybridized carbons (Fsp3) is 0.538. The molecule has 2 atom stereocenters. The third-order valence-corrected chi connectivity index (χ3v) is 2.94. The molecule has 0 heterocycles. The van der Waals surface area contributed by atoms with E-state index in [1.54, 1.807) is 13.0 Å². The average Bonchev–Trinajstić information content (AvgIpc) is 2.34. The van der Waals surface area contributed by atoms with Crippen LogP contribution in [0.1, 0.15) is 42.1 Å². The number of rotatable bonds is 5. The fourth-order valence-electron chi connectivity index (χ4n) is 1.83. The molecule has 0 saturated heterocycles. The van der Waals surface area contributed by atoms with Crippen molar-refractivity contribution in [1.82, 2.24) is 0 Å². The summed E-state index contributed by atoms with van der Waals surface area (Å²) in [5, 5.41) is 0. The molecule has 0 saturated carbocycles. The van der Waals surface area contributed by atoms with Gasteiger partial charge in [0.25, 0.3) is 0 Å². The van der Waals surface area contributed by atoms with Crippen LogP contribution in [0.4, 0.5) is 13.2 Å². The number of methoxy groups -OCH3 is 1. The van der Waals surface area contributed by atoms with E-state index in [-0.39, 0.29) is 5.56 Å².